The SMILES string of the molecule is CCOC(=O)C(=O)NCCc1ccc(C(C)=O)s1. The Hall–Kier alpha value is -1.69. The summed E-state index contributed by atoms with van der Waals surface area (Å²) in [5.74, 6) is -1.57. The van der Waals surface area contributed by atoms with Gasteiger partial charge in [0, 0.05) is 11.4 Å². The van der Waals surface area contributed by atoms with Crippen molar-refractivity contribution in [3.8, 4) is 0 Å². The van der Waals surface area contributed by atoms with Crippen molar-refractivity contribution in [3.05, 3.63) is 21.9 Å². The van der Waals surface area contributed by atoms with Gasteiger partial charge in [-0.1, -0.05) is 0 Å². The number of hydrogen-bond donors (Lipinski definition) is 1. The van der Waals surface area contributed by atoms with E-state index in [1.54, 1.807) is 13.0 Å². The second-order valence-electron chi connectivity index (χ2n) is 3.55. The molecule has 0 radical (unpaired) electrons. The van der Waals surface area contributed by atoms with Gasteiger partial charge in [-0.2, -0.15) is 0 Å². The van der Waals surface area contributed by atoms with Crippen LogP contribution in [-0.4, -0.2) is 30.8 Å². The van der Waals surface area contributed by atoms with Crippen molar-refractivity contribution in [1.29, 1.82) is 0 Å². The zero-order chi connectivity index (χ0) is 13.5. The van der Waals surface area contributed by atoms with E-state index in [0.717, 1.165) is 4.88 Å². The van der Waals surface area contributed by atoms with Gasteiger partial charge in [-0.15, -0.1) is 11.3 Å². The van der Waals surface area contributed by atoms with Crippen molar-refractivity contribution in [1.82, 2.24) is 5.32 Å². The summed E-state index contributed by atoms with van der Waals surface area (Å²) in [6, 6.07) is 3.60. The molecule has 0 saturated heterocycles. The fourth-order valence-electron chi connectivity index (χ4n) is 1.27. The average molecular weight is 269 g/mol. The molecular weight excluding hydrogens is 254 g/mol. The molecule has 1 aromatic rings. The molecule has 5 nitrogen and oxygen atoms in total. The average Bonchev–Trinajstić information content (AvgIpc) is 2.78. The smallest absolute Gasteiger partial charge is 0.396 e. The Morgan fingerprint density at radius 2 is 2.06 bits per heavy atom. The van der Waals surface area contributed by atoms with Crippen LogP contribution in [0.1, 0.15) is 28.4 Å². The number of carbonyl (C=O) groups is 3. The quantitative estimate of drug-likeness (QED) is 0.495. The van der Waals surface area contributed by atoms with E-state index in [4.69, 9.17) is 0 Å². The van der Waals surface area contributed by atoms with Crippen LogP contribution in [0.15, 0.2) is 12.1 Å². The molecule has 1 aromatic heterocycles. The maximum Gasteiger partial charge on any atom is 0.396 e. The summed E-state index contributed by atoms with van der Waals surface area (Å²) in [7, 11) is 0. The molecule has 0 unspecified atom stereocenters. The number of ketones is 1. The highest BCUT2D eigenvalue weighted by molar-refractivity contribution is 7.14. The highest BCUT2D eigenvalue weighted by Crippen LogP contribution is 2.16. The molecule has 1 amide bonds. The summed E-state index contributed by atoms with van der Waals surface area (Å²) in [5, 5.41) is 2.46. The van der Waals surface area contributed by atoms with Gasteiger partial charge in [0.1, 0.15) is 0 Å². The third kappa shape index (κ3) is 4.29. The molecule has 98 valence electrons. The highest BCUT2D eigenvalue weighted by atomic mass is 32.1. The monoisotopic (exact) mass is 269 g/mol. The maximum absolute atomic E-state index is 11.2. The van der Waals surface area contributed by atoms with E-state index in [-0.39, 0.29) is 12.4 Å². The summed E-state index contributed by atoms with van der Waals surface area (Å²) in [6.07, 6.45) is 0.586. The molecule has 0 aliphatic heterocycles. The zero-order valence-corrected chi connectivity index (χ0v) is 11.1. The summed E-state index contributed by atoms with van der Waals surface area (Å²) < 4.78 is 4.55. The molecule has 0 spiro atoms. The second-order valence-corrected chi connectivity index (χ2v) is 4.72. The number of hydrogen-bond acceptors (Lipinski definition) is 5. The molecule has 0 bridgehead atoms. The first kappa shape index (κ1) is 14.4. The Bertz CT molecular complexity index is 453. The van der Waals surface area contributed by atoms with Crippen molar-refractivity contribution < 1.29 is 19.1 Å². The van der Waals surface area contributed by atoms with Gasteiger partial charge in [-0.25, -0.2) is 4.79 Å². The first-order valence-electron chi connectivity index (χ1n) is 5.59. The first-order valence-corrected chi connectivity index (χ1v) is 6.40. The number of ether oxygens (including phenoxy) is 1. The fourth-order valence-corrected chi connectivity index (χ4v) is 2.17. The molecular formula is C12H15NO4S. The van der Waals surface area contributed by atoms with Crippen LogP contribution in [-0.2, 0) is 20.7 Å². The third-order valence-corrected chi connectivity index (χ3v) is 3.37. The number of amides is 1. The predicted molar refractivity (Wildman–Crippen MR) is 67.7 cm³/mol. The number of carbonyl (C=O) groups excluding carboxylic acids is 3. The first-order chi connectivity index (χ1) is 8.54. The summed E-state index contributed by atoms with van der Waals surface area (Å²) in [5.41, 5.74) is 0. The normalized spacial score (nSPS) is 9.89. The van der Waals surface area contributed by atoms with E-state index in [2.05, 4.69) is 10.1 Å². The Morgan fingerprint density at radius 1 is 1.33 bits per heavy atom. The van der Waals surface area contributed by atoms with Gasteiger partial charge in [-0.3, -0.25) is 9.59 Å². The molecule has 1 rings (SSSR count). The fraction of sp³-hybridized carbons (Fsp3) is 0.417. The van der Waals surface area contributed by atoms with Crippen molar-refractivity contribution in [3.63, 3.8) is 0 Å². The lowest BCUT2D eigenvalue weighted by Crippen LogP contribution is -2.33. The lowest BCUT2D eigenvalue weighted by Gasteiger charge is -2.03. The maximum atomic E-state index is 11.2. The van der Waals surface area contributed by atoms with Crippen LogP contribution in [0.5, 0.6) is 0 Å². The van der Waals surface area contributed by atoms with Gasteiger partial charge in [0.25, 0.3) is 0 Å². The van der Waals surface area contributed by atoms with E-state index in [1.807, 2.05) is 6.07 Å². The van der Waals surface area contributed by atoms with E-state index in [9.17, 15) is 14.4 Å². The van der Waals surface area contributed by atoms with Crippen LogP contribution in [0.4, 0.5) is 0 Å². The lowest BCUT2D eigenvalue weighted by molar-refractivity contribution is -0.154. The van der Waals surface area contributed by atoms with Crippen LogP contribution in [0.2, 0.25) is 0 Å². The molecule has 0 saturated carbocycles. The molecule has 6 heteroatoms. The van der Waals surface area contributed by atoms with E-state index < -0.39 is 11.9 Å². The Balaban J connectivity index is 2.35. The Labute approximate surface area is 109 Å². The minimum Gasteiger partial charge on any atom is -0.459 e. The topological polar surface area (TPSA) is 72.5 Å². The van der Waals surface area contributed by atoms with Crippen molar-refractivity contribution in [2.75, 3.05) is 13.2 Å². The molecule has 0 atom stereocenters. The summed E-state index contributed by atoms with van der Waals surface area (Å²) in [4.78, 5) is 35.0. The highest BCUT2D eigenvalue weighted by Gasteiger charge is 2.13. The van der Waals surface area contributed by atoms with Gasteiger partial charge in [0.2, 0.25) is 0 Å². The molecule has 0 fully saturated rings. The number of thiophene rings is 1. The zero-order valence-electron chi connectivity index (χ0n) is 10.3. The number of nitrogens with one attached hydrogen (secondary N) is 1. The van der Waals surface area contributed by atoms with E-state index >= 15 is 0 Å². The van der Waals surface area contributed by atoms with Crippen LogP contribution < -0.4 is 5.32 Å². The van der Waals surface area contributed by atoms with Crippen molar-refractivity contribution >= 4 is 29.0 Å². The van der Waals surface area contributed by atoms with E-state index in [0.29, 0.717) is 17.8 Å². The van der Waals surface area contributed by atoms with Gasteiger partial charge in [0.15, 0.2) is 5.78 Å². The molecule has 0 aromatic carbocycles. The lowest BCUT2D eigenvalue weighted by atomic mass is 10.3. The van der Waals surface area contributed by atoms with Gasteiger partial charge >= 0.3 is 11.9 Å². The summed E-state index contributed by atoms with van der Waals surface area (Å²) >= 11 is 1.39. The third-order valence-electron chi connectivity index (χ3n) is 2.13. The number of Topliss-reactive ketones (excluding diaryl/α,β-unsaturated/α-hetero) is 1. The predicted octanol–water partition coefficient (Wildman–Crippen LogP) is 1.17. The Kier molecular flexibility index (Phi) is 5.51. The number of esters is 1. The van der Waals surface area contributed by atoms with Crippen molar-refractivity contribution in [2.45, 2.75) is 20.3 Å². The standard InChI is InChI=1S/C12H15NO4S/c1-3-17-12(16)11(15)13-7-6-9-4-5-10(18-9)8(2)14/h4-5H,3,6-7H2,1-2H3,(H,13,15). The summed E-state index contributed by atoms with van der Waals surface area (Å²) in [6.45, 7) is 3.67. The van der Waals surface area contributed by atoms with Gasteiger partial charge in [0.05, 0.1) is 11.5 Å². The van der Waals surface area contributed by atoms with Gasteiger partial charge in [-0.05, 0) is 32.4 Å². The van der Waals surface area contributed by atoms with E-state index in [1.165, 1.54) is 18.3 Å². The minimum atomic E-state index is -0.867. The molecule has 18 heavy (non-hydrogen) atoms. The largest absolute Gasteiger partial charge is 0.459 e. The van der Waals surface area contributed by atoms with Gasteiger partial charge < -0.3 is 10.1 Å². The van der Waals surface area contributed by atoms with Crippen LogP contribution >= 0.6 is 11.3 Å². The molecule has 1 heterocycles. The van der Waals surface area contributed by atoms with Crippen molar-refractivity contribution in [2.24, 2.45) is 0 Å². The molecule has 1 N–H and O–H groups in total. The second kappa shape index (κ2) is 6.90. The molecule has 0 aliphatic rings. The Morgan fingerprint density at radius 3 is 2.61 bits per heavy atom. The van der Waals surface area contributed by atoms with Crippen LogP contribution in [0.25, 0.3) is 0 Å². The molecule has 0 aliphatic carbocycles. The van der Waals surface area contributed by atoms with Crippen LogP contribution in [0.3, 0.4) is 0 Å². The van der Waals surface area contributed by atoms with Crippen LogP contribution in [0, 0.1) is 0 Å². The number of rotatable bonds is 5. The minimum absolute atomic E-state index is 0.0295.